The number of hydrogen-bond acceptors (Lipinski definition) is 1. The number of carboxylic acid groups (broad SMARTS) is 1. The van der Waals surface area contributed by atoms with E-state index in [0.29, 0.717) is 0 Å². The normalized spacial score (nSPS) is 17.8. The number of aromatic nitrogens is 1. The minimum absolute atomic E-state index is 0.662. The van der Waals surface area contributed by atoms with Crippen LogP contribution in [0.25, 0.3) is 10.9 Å². The van der Waals surface area contributed by atoms with Crippen molar-refractivity contribution in [1.82, 2.24) is 4.57 Å². The van der Waals surface area contributed by atoms with Crippen molar-refractivity contribution < 1.29 is 9.90 Å². The molecule has 2 aromatic rings. The second kappa shape index (κ2) is 4.37. The monoisotopic (exact) mass is 271 g/mol. The first-order valence-corrected chi connectivity index (χ1v) is 7.27. The smallest absolute Gasteiger partial charge is 0.314 e. The summed E-state index contributed by atoms with van der Waals surface area (Å²) >= 11 is 0. The number of hydrogen-bond donors (Lipinski definition) is 1. The molecule has 106 valence electrons. The topological polar surface area (TPSA) is 42.2 Å². The predicted octanol–water partition coefficient (Wildman–Crippen LogP) is 3.69. The van der Waals surface area contributed by atoms with E-state index in [0.717, 1.165) is 31.2 Å². The van der Waals surface area contributed by atoms with E-state index in [1.165, 1.54) is 22.2 Å². The molecule has 0 bridgehead atoms. The molecule has 0 saturated heterocycles. The zero-order chi connectivity index (χ0) is 14.5. The van der Waals surface area contributed by atoms with Crippen LogP contribution in [0.2, 0.25) is 0 Å². The fourth-order valence-electron chi connectivity index (χ4n) is 3.66. The van der Waals surface area contributed by atoms with E-state index in [1.54, 1.807) is 0 Å². The van der Waals surface area contributed by atoms with Gasteiger partial charge in [-0.15, -0.1) is 0 Å². The molecule has 1 N–H and O–H groups in total. The maximum atomic E-state index is 11.8. The Balaban J connectivity index is 2.23. The van der Waals surface area contributed by atoms with Crippen molar-refractivity contribution in [2.75, 3.05) is 0 Å². The molecular formula is C17H21NO2. The third-order valence-corrected chi connectivity index (χ3v) is 5.23. The molecular weight excluding hydrogens is 250 g/mol. The van der Waals surface area contributed by atoms with Gasteiger partial charge in [-0.05, 0) is 49.9 Å². The standard InChI is InChI=1S/C17H21NO2/c1-11-12(2)18(3)15-7-6-13(10-14(11)15)17(16(19)20)8-4-5-9-17/h6-7,10H,4-5,8-9H2,1-3H3,(H,19,20). The highest BCUT2D eigenvalue weighted by Gasteiger charge is 2.43. The lowest BCUT2D eigenvalue weighted by Crippen LogP contribution is -2.32. The fraction of sp³-hybridized carbons (Fsp3) is 0.471. The third kappa shape index (κ3) is 1.62. The Morgan fingerprint density at radius 1 is 1.25 bits per heavy atom. The van der Waals surface area contributed by atoms with Gasteiger partial charge in [0.15, 0.2) is 0 Å². The number of carboxylic acids is 1. The maximum Gasteiger partial charge on any atom is 0.314 e. The second-order valence-electron chi connectivity index (χ2n) is 6.10. The van der Waals surface area contributed by atoms with Gasteiger partial charge in [0, 0.05) is 23.6 Å². The molecule has 1 aromatic heterocycles. The quantitative estimate of drug-likeness (QED) is 0.905. The summed E-state index contributed by atoms with van der Waals surface area (Å²) in [5, 5.41) is 10.9. The summed E-state index contributed by atoms with van der Waals surface area (Å²) in [7, 11) is 2.06. The van der Waals surface area contributed by atoms with Crippen molar-refractivity contribution >= 4 is 16.9 Å². The SMILES string of the molecule is Cc1c(C)n(C)c2ccc(C3(C(=O)O)CCCC3)cc12. The van der Waals surface area contributed by atoms with Crippen molar-refractivity contribution in [2.24, 2.45) is 7.05 Å². The summed E-state index contributed by atoms with van der Waals surface area (Å²) in [5.41, 5.74) is 3.99. The Bertz CT molecular complexity index is 691. The van der Waals surface area contributed by atoms with E-state index < -0.39 is 11.4 Å². The summed E-state index contributed by atoms with van der Waals surface area (Å²) in [5.74, 6) is -0.667. The van der Waals surface area contributed by atoms with Gasteiger partial charge < -0.3 is 9.67 Å². The highest BCUT2D eigenvalue weighted by molar-refractivity contribution is 5.89. The van der Waals surface area contributed by atoms with Crippen LogP contribution in [-0.4, -0.2) is 15.6 Å². The molecule has 1 saturated carbocycles. The average Bonchev–Trinajstić information content (AvgIpc) is 3.01. The molecule has 1 heterocycles. The van der Waals surface area contributed by atoms with Crippen LogP contribution in [0.1, 0.15) is 42.5 Å². The number of aryl methyl sites for hydroxylation is 2. The molecule has 20 heavy (non-hydrogen) atoms. The van der Waals surface area contributed by atoms with Gasteiger partial charge in [0.25, 0.3) is 0 Å². The summed E-state index contributed by atoms with van der Waals surface area (Å²) in [4.78, 5) is 11.8. The zero-order valence-electron chi connectivity index (χ0n) is 12.4. The molecule has 0 unspecified atom stereocenters. The Morgan fingerprint density at radius 3 is 2.50 bits per heavy atom. The van der Waals surface area contributed by atoms with E-state index in [9.17, 15) is 9.90 Å². The van der Waals surface area contributed by atoms with Gasteiger partial charge in [-0.25, -0.2) is 0 Å². The zero-order valence-corrected chi connectivity index (χ0v) is 12.4. The largest absolute Gasteiger partial charge is 0.481 e. The molecule has 0 atom stereocenters. The molecule has 1 aliphatic carbocycles. The van der Waals surface area contributed by atoms with Crippen molar-refractivity contribution in [3.05, 3.63) is 35.0 Å². The Morgan fingerprint density at radius 2 is 1.90 bits per heavy atom. The summed E-state index contributed by atoms with van der Waals surface area (Å²) in [6.45, 7) is 4.22. The first kappa shape index (κ1) is 13.2. The van der Waals surface area contributed by atoms with Crippen LogP contribution in [0.15, 0.2) is 18.2 Å². The molecule has 1 aliphatic rings. The number of aliphatic carboxylic acids is 1. The summed E-state index contributed by atoms with van der Waals surface area (Å²) < 4.78 is 2.18. The predicted molar refractivity (Wildman–Crippen MR) is 80.2 cm³/mol. The Labute approximate surface area is 119 Å². The van der Waals surface area contributed by atoms with Crippen LogP contribution in [0, 0.1) is 13.8 Å². The van der Waals surface area contributed by atoms with Crippen LogP contribution >= 0.6 is 0 Å². The van der Waals surface area contributed by atoms with Crippen LogP contribution in [0.5, 0.6) is 0 Å². The molecule has 3 heteroatoms. The minimum Gasteiger partial charge on any atom is -0.481 e. The van der Waals surface area contributed by atoms with E-state index in [4.69, 9.17) is 0 Å². The second-order valence-corrected chi connectivity index (χ2v) is 6.10. The molecule has 0 spiro atoms. The van der Waals surface area contributed by atoms with Gasteiger partial charge in [-0.2, -0.15) is 0 Å². The summed E-state index contributed by atoms with van der Waals surface area (Å²) in [6.07, 6.45) is 3.55. The number of rotatable bonds is 2. The van der Waals surface area contributed by atoms with Gasteiger partial charge in [0.2, 0.25) is 0 Å². The minimum atomic E-state index is -0.667. The molecule has 0 aliphatic heterocycles. The van der Waals surface area contributed by atoms with Crippen molar-refractivity contribution in [2.45, 2.75) is 44.9 Å². The number of fused-ring (bicyclic) bond motifs is 1. The van der Waals surface area contributed by atoms with Crippen molar-refractivity contribution in [1.29, 1.82) is 0 Å². The Kier molecular flexibility index (Phi) is 2.89. The number of benzene rings is 1. The average molecular weight is 271 g/mol. The summed E-state index contributed by atoms with van der Waals surface area (Å²) in [6, 6.07) is 6.20. The van der Waals surface area contributed by atoms with E-state index in [1.807, 2.05) is 6.07 Å². The van der Waals surface area contributed by atoms with Crippen LogP contribution in [-0.2, 0) is 17.3 Å². The first-order chi connectivity index (χ1) is 9.47. The van der Waals surface area contributed by atoms with Crippen LogP contribution in [0.4, 0.5) is 0 Å². The highest BCUT2D eigenvalue weighted by atomic mass is 16.4. The fourth-order valence-corrected chi connectivity index (χ4v) is 3.66. The molecule has 3 nitrogen and oxygen atoms in total. The maximum absolute atomic E-state index is 11.8. The van der Waals surface area contributed by atoms with Gasteiger partial charge >= 0.3 is 5.97 Å². The van der Waals surface area contributed by atoms with Crippen LogP contribution in [0.3, 0.4) is 0 Å². The van der Waals surface area contributed by atoms with E-state index >= 15 is 0 Å². The lowest BCUT2D eigenvalue weighted by Gasteiger charge is -2.24. The van der Waals surface area contributed by atoms with Gasteiger partial charge in [-0.1, -0.05) is 18.9 Å². The van der Waals surface area contributed by atoms with Gasteiger partial charge in [0.1, 0.15) is 0 Å². The van der Waals surface area contributed by atoms with Crippen molar-refractivity contribution in [3.63, 3.8) is 0 Å². The van der Waals surface area contributed by atoms with Crippen LogP contribution < -0.4 is 0 Å². The number of carbonyl (C=O) groups is 1. The van der Waals surface area contributed by atoms with Gasteiger partial charge in [-0.3, -0.25) is 4.79 Å². The molecule has 0 amide bonds. The third-order valence-electron chi connectivity index (χ3n) is 5.23. The lowest BCUT2D eigenvalue weighted by atomic mass is 9.78. The first-order valence-electron chi connectivity index (χ1n) is 7.27. The number of nitrogens with zero attached hydrogens (tertiary/aromatic N) is 1. The molecule has 3 rings (SSSR count). The highest BCUT2D eigenvalue weighted by Crippen LogP contribution is 2.42. The van der Waals surface area contributed by atoms with Crippen molar-refractivity contribution in [3.8, 4) is 0 Å². The van der Waals surface area contributed by atoms with Gasteiger partial charge in [0.05, 0.1) is 5.41 Å². The lowest BCUT2D eigenvalue weighted by molar-refractivity contribution is -0.143. The van der Waals surface area contributed by atoms with E-state index in [2.05, 4.69) is 37.6 Å². The molecule has 1 aromatic carbocycles. The molecule has 0 radical (unpaired) electrons. The Hall–Kier alpha value is -1.77. The molecule has 1 fully saturated rings. The van der Waals surface area contributed by atoms with E-state index in [-0.39, 0.29) is 0 Å².